The number of nitrogens with one attached hydrogen (secondary N) is 2. The highest BCUT2D eigenvalue weighted by atomic mass is 32.1. The first-order valence-corrected chi connectivity index (χ1v) is 10.2. The van der Waals surface area contributed by atoms with Gasteiger partial charge in [0.15, 0.2) is 6.54 Å². The SMILES string of the molecule is Cc1ccsc1C[NH+](C)CC(=O)N[C@H](c1ccc(F)cc1)c1cccs1. The Morgan fingerprint density at radius 3 is 2.54 bits per heavy atom. The minimum Gasteiger partial charge on any atom is -0.339 e. The molecule has 0 fully saturated rings. The molecule has 136 valence electrons. The Morgan fingerprint density at radius 2 is 1.92 bits per heavy atom. The van der Waals surface area contributed by atoms with Crippen LogP contribution in [-0.4, -0.2) is 19.5 Å². The standard InChI is InChI=1S/C20H21FN2OS2/c1-14-9-11-26-18(14)12-23(2)13-19(24)22-20(17-4-3-10-25-17)15-5-7-16(21)8-6-15/h3-11,20H,12-13H2,1-2H3,(H,22,24)/p+1/t20-/m1/s1. The quantitative estimate of drug-likeness (QED) is 0.639. The van der Waals surface area contributed by atoms with Crippen molar-refractivity contribution in [1.29, 1.82) is 0 Å². The van der Waals surface area contributed by atoms with Crippen molar-refractivity contribution in [3.63, 3.8) is 0 Å². The monoisotopic (exact) mass is 389 g/mol. The lowest BCUT2D eigenvalue weighted by atomic mass is 10.1. The molecule has 1 unspecified atom stereocenters. The van der Waals surface area contributed by atoms with Crippen LogP contribution >= 0.6 is 22.7 Å². The van der Waals surface area contributed by atoms with E-state index in [-0.39, 0.29) is 17.8 Å². The van der Waals surface area contributed by atoms with Crippen molar-refractivity contribution in [3.05, 3.63) is 79.9 Å². The summed E-state index contributed by atoms with van der Waals surface area (Å²) >= 11 is 3.31. The number of halogens is 1. The molecular weight excluding hydrogens is 367 g/mol. The number of benzene rings is 1. The van der Waals surface area contributed by atoms with Gasteiger partial charge in [0.2, 0.25) is 0 Å². The van der Waals surface area contributed by atoms with Gasteiger partial charge < -0.3 is 10.2 Å². The number of carbonyl (C=O) groups excluding carboxylic acids is 1. The Labute approximate surface area is 161 Å². The van der Waals surface area contributed by atoms with Crippen molar-refractivity contribution >= 4 is 28.6 Å². The molecule has 3 nitrogen and oxygen atoms in total. The number of amides is 1. The predicted molar refractivity (Wildman–Crippen MR) is 105 cm³/mol. The van der Waals surface area contributed by atoms with Crippen molar-refractivity contribution in [3.8, 4) is 0 Å². The first kappa shape index (κ1) is 18.8. The average molecular weight is 390 g/mol. The summed E-state index contributed by atoms with van der Waals surface area (Å²) < 4.78 is 13.3. The third kappa shape index (κ3) is 4.78. The van der Waals surface area contributed by atoms with E-state index in [1.54, 1.807) is 34.8 Å². The largest absolute Gasteiger partial charge is 0.339 e. The molecular formula is C20H22FN2OS2+. The lowest BCUT2D eigenvalue weighted by Crippen LogP contribution is -3.08. The number of hydrogen-bond acceptors (Lipinski definition) is 3. The highest BCUT2D eigenvalue weighted by molar-refractivity contribution is 7.10. The number of hydrogen-bond donors (Lipinski definition) is 2. The third-order valence-corrected chi connectivity index (χ3v) is 6.19. The molecule has 0 spiro atoms. The van der Waals surface area contributed by atoms with E-state index in [4.69, 9.17) is 0 Å². The van der Waals surface area contributed by atoms with Crippen molar-refractivity contribution in [2.24, 2.45) is 0 Å². The Morgan fingerprint density at radius 1 is 1.15 bits per heavy atom. The first-order chi connectivity index (χ1) is 12.5. The van der Waals surface area contributed by atoms with Crippen molar-refractivity contribution in [2.45, 2.75) is 19.5 Å². The van der Waals surface area contributed by atoms with Gasteiger partial charge in [-0.05, 0) is 53.1 Å². The van der Waals surface area contributed by atoms with Crippen LogP contribution in [0.5, 0.6) is 0 Å². The highest BCUT2D eigenvalue weighted by Crippen LogP contribution is 2.26. The molecule has 0 bridgehead atoms. The summed E-state index contributed by atoms with van der Waals surface area (Å²) in [6.45, 7) is 3.32. The molecule has 0 aliphatic carbocycles. The number of quaternary nitrogens is 1. The molecule has 1 amide bonds. The number of likely N-dealkylation sites (N-methyl/N-ethyl adjacent to an activating group) is 1. The van der Waals surface area contributed by atoms with Crippen LogP contribution in [0.3, 0.4) is 0 Å². The molecule has 0 aliphatic rings. The van der Waals surface area contributed by atoms with Gasteiger partial charge in [-0.25, -0.2) is 4.39 Å². The smallest absolute Gasteiger partial charge is 0.275 e. The van der Waals surface area contributed by atoms with E-state index < -0.39 is 0 Å². The van der Waals surface area contributed by atoms with Crippen LogP contribution < -0.4 is 10.2 Å². The lowest BCUT2D eigenvalue weighted by molar-refractivity contribution is -0.885. The fraction of sp³-hybridized carbons (Fsp3) is 0.250. The number of carbonyl (C=O) groups is 1. The van der Waals surface area contributed by atoms with Gasteiger partial charge in [0, 0.05) is 4.88 Å². The molecule has 2 aromatic heterocycles. The zero-order valence-corrected chi connectivity index (χ0v) is 16.4. The minimum atomic E-state index is -0.277. The topological polar surface area (TPSA) is 33.5 Å². The maximum Gasteiger partial charge on any atom is 0.275 e. The van der Waals surface area contributed by atoms with Crippen LogP contribution in [0.25, 0.3) is 0 Å². The molecule has 0 aliphatic heterocycles. The fourth-order valence-corrected chi connectivity index (χ4v) is 4.66. The summed E-state index contributed by atoms with van der Waals surface area (Å²) in [5, 5.41) is 7.18. The van der Waals surface area contributed by atoms with Crippen molar-refractivity contribution < 1.29 is 14.1 Å². The third-order valence-electron chi connectivity index (χ3n) is 4.23. The predicted octanol–water partition coefficient (Wildman–Crippen LogP) is 3.18. The van der Waals surface area contributed by atoms with E-state index >= 15 is 0 Å². The van der Waals surface area contributed by atoms with Gasteiger partial charge in [0.1, 0.15) is 12.4 Å². The van der Waals surface area contributed by atoms with Gasteiger partial charge in [-0.3, -0.25) is 4.79 Å². The molecule has 6 heteroatoms. The van der Waals surface area contributed by atoms with Crippen LogP contribution in [0.1, 0.15) is 26.9 Å². The summed E-state index contributed by atoms with van der Waals surface area (Å²) in [5.41, 5.74) is 2.16. The Balaban J connectivity index is 1.67. The van der Waals surface area contributed by atoms with E-state index in [9.17, 15) is 9.18 Å². The second-order valence-electron chi connectivity index (χ2n) is 6.40. The number of thiophene rings is 2. The van der Waals surface area contributed by atoms with Crippen LogP contribution in [0.2, 0.25) is 0 Å². The van der Waals surface area contributed by atoms with Crippen LogP contribution in [0.4, 0.5) is 4.39 Å². The first-order valence-electron chi connectivity index (χ1n) is 8.45. The van der Waals surface area contributed by atoms with Crippen molar-refractivity contribution in [1.82, 2.24) is 5.32 Å². The molecule has 3 rings (SSSR count). The van der Waals surface area contributed by atoms with Gasteiger partial charge in [-0.15, -0.1) is 22.7 Å². The Kier molecular flexibility index (Phi) is 6.19. The van der Waals surface area contributed by atoms with Crippen molar-refractivity contribution in [2.75, 3.05) is 13.6 Å². The average Bonchev–Trinajstić information content (AvgIpc) is 3.26. The number of rotatable bonds is 7. The summed E-state index contributed by atoms with van der Waals surface area (Å²) in [4.78, 5) is 16.1. The second-order valence-corrected chi connectivity index (χ2v) is 8.38. The maximum atomic E-state index is 13.3. The van der Waals surface area contributed by atoms with Gasteiger partial charge in [0.25, 0.3) is 5.91 Å². The highest BCUT2D eigenvalue weighted by Gasteiger charge is 2.20. The molecule has 2 atom stereocenters. The van der Waals surface area contributed by atoms with Crippen LogP contribution in [0.15, 0.2) is 53.2 Å². The molecule has 26 heavy (non-hydrogen) atoms. The maximum absolute atomic E-state index is 13.3. The Hall–Kier alpha value is -2.02. The fourth-order valence-electron chi connectivity index (χ4n) is 2.84. The van der Waals surface area contributed by atoms with Crippen LogP contribution in [0, 0.1) is 12.7 Å². The van der Waals surface area contributed by atoms with Gasteiger partial charge in [-0.2, -0.15) is 0 Å². The zero-order chi connectivity index (χ0) is 18.5. The molecule has 2 N–H and O–H groups in total. The number of aryl methyl sites for hydroxylation is 1. The molecule has 0 saturated carbocycles. The van der Waals surface area contributed by atoms with Gasteiger partial charge in [0.05, 0.1) is 18.0 Å². The van der Waals surface area contributed by atoms with E-state index in [0.29, 0.717) is 6.54 Å². The van der Waals surface area contributed by atoms with E-state index in [1.165, 1.54) is 22.6 Å². The zero-order valence-electron chi connectivity index (χ0n) is 14.8. The molecule has 1 aromatic carbocycles. The molecule has 0 radical (unpaired) electrons. The normalized spacial score (nSPS) is 13.3. The van der Waals surface area contributed by atoms with Gasteiger partial charge in [-0.1, -0.05) is 18.2 Å². The summed E-state index contributed by atoms with van der Waals surface area (Å²) in [6.07, 6.45) is 0. The summed E-state index contributed by atoms with van der Waals surface area (Å²) in [6, 6.07) is 12.1. The summed E-state index contributed by atoms with van der Waals surface area (Å²) in [5.74, 6) is -0.292. The second kappa shape index (κ2) is 8.58. The van der Waals surface area contributed by atoms with E-state index in [0.717, 1.165) is 21.9 Å². The Bertz CT molecular complexity index is 843. The summed E-state index contributed by atoms with van der Waals surface area (Å²) in [7, 11) is 2.02. The van der Waals surface area contributed by atoms with Gasteiger partial charge >= 0.3 is 0 Å². The molecule has 2 heterocycles. The lowest BCUT2D eigenvalue weighted by Gasteiger charge is -2.20. The van der Waals surface area contributed by atoms with E-state index in [2.05, 4.69) is 23.7 Å². The van der Waals surface area contributed by atoms with Crippen LogP contribution in [-0.2, 0) is 11.3 Å². The minimum absolute atomic E-state index is 0.0144. The van der Waals surface area contributed by atoms with E-state index in [1.807, 2.05) is 24.6 Å². The molecule has 0 saturated heterocycles. The molecule has 3 aromatic rings.